The Morgan fingerprint density at radius 1 is 0.341 bits per heavy atom. The maximum atomic E-state index is 11.5. The molecular formula is C31H62O10. The van der Waals surface area contributed by atoms with Crippen molar-refractivity contribution in [1.29, 1.82) is 0 Å². The van der Waals surface area contributed by atoms with E-state index in [1.165, 1.54) is 32.1 Å². The first-order valence-electron chi connectivity index (χ1n) is 16.1. The van der Waals surface area contributed by atoms with E-state index in [-0.39, 0.29) is 5.97 Å². The van der Waals surface area contributed by atoms with Crippen molar-refractivity contribution in [2.75, 3.05) is 112 Å². The predicted molar refractivity (Wildman–Crippen MR) is 160 cm³/mol. The maximum Gasteiger partial charge on any atom is 0.305 e. The second-order valence-corrected chi connectivity index (χ2v) is 9.70. The van der Waals surface area contributed by atoms with Gasteiger partial charge in [0, 0.05) is 13.0 Å². The lowest BCUT2D eigenvalue weighted by molar-refractivity contribution is -0.145. The van der Waals surface area contributed by atoms with Gasteiger partial charge in [-0.3, -0.25) is 4.79 Å². The van der Waals surface area contributed by atoms with E-state index >= 15 is 0 Å². The first-order chi connectivity index (χ1) is 20.3. The highest BCUT2D eigenvalue weighted by Gasteiger charge is 2.02. The van der Waals surface area contributed by atoms with Crippen LogP contribution in [0.4, 0.5) is 0 Å². The second kappa shape index (κ2) is 37.2. The van der Waals surface area contributed by atoms with Gasteiger partial charge < -0.3 is 42.6 Å². The summed E-state index contributed by atoms with van der Waals surface area (Å²) in [5.41, 5.74) is 0. The number of rotatable bonds is 36. The van der Waals surface area contributed by atoms with E-state index in [0.717, 1.165) is 38.7 Å². The van der Waals surface area contributed by atoms with Crippen molar-refractivity contribution >= 4 is 5.97 Å². The quantitative estimate of drug-likeness (QED) is 0.0728. The van der Waals surface area contributed by atoms with Gasteiger partial charge in [0.1, 0.15) is 6.61 Å². The molecule has 0 saturated carbocycles. The second-order valence-electron chi connectivity index (χ2n) is 9.70. The molecule has 0 unspecified atom stereocenters. The summed E-state index contributed by atoms with van der Waals surface area (Å²) >= 11 is 0. The first kappa shape index (κ1) is 40.1. The summed E-state index contributed by atoms with van der Waals surface area (Å²) in [4.78, 5) is 11.5. The van der Waals surface area contributed by atoms with Crippen LogP contribution in [0.25, 0.3) is 0 Å². The number of carbonyl (C=O) groups is 1. The van der Waals surface area contributed by atoms with Crippen LogP contribution >= 0.6 is 0 Å². The largest absolute Gasteiger partial charge is 0.463 e. The number of ether oxygens (including phenoxy) is 9. The van der Waals surface area contributed by atoms with Crippen molar-refractivity contribution in [2.45, 2.75) is 84.5 Å². The minimum Gasteiger partial charge on any atom is -0.463 e. The van der Waals surface area contributed by atoms with Gasteiger partial charge >= 0.3 is 5.97 Å². The molecule has 0 aromatic carbocycles. The normalized spacial score (nSPS) is 11.4. The van der Waals surface area contributed by atoms with Crippen molar-refractivity contribution < 1.29 is 47.4 Å². The van der Waals surface area contributed by atoms with Crippen LogP contribution in [0.5, 0.6) is 0 Å². The van der Waals surface area contributed by atoms with E-state index in [0.29, 0.717) is 112 Å². The van der Waals surface area contributed by atoms with Gasteiger partial charge in [0.25, 0.3) is 0 Å². The smallest absolute Gasteiger partial charge is 0.305 e. The van der Waals surface area contributed by atoms with Crippen LogP contribution in [0, 0.1) is 0 Å². The van der Waals surface area contributed by atoms with Gasteiger partial charge in [-0.15, -0.1) is 0 Å². The van der Waals surface area contributed by atoms with Crippen LogP contribution in [-0.4, -0.2) is 118 Å². The molecule has 0 aliphatic rings. The summed E-state index contributed by atoms with van der Waals surface area (Å²) in [6, 6.07) is 0. The van der Waals surface area contributed by atoms with Gasteiger partial charge in [0.05, 0.1) is 99.1 Å². The molecule has 0 bridgehead atoms. The van der Waals surface area contributed by atoms with Crippen molar-refractivity contribution in [1.82, 2.24) is 0 Å². The Kier molecular flexibility index (Phi) is 36.4. The molecule has 0 atom stereocenters. The Hall–Kier alpha value is -0.850. The van der Waals surface area contributed by atoms with E-state index in [2.05, 4.69) is 13.8 Å². The first-order valence-corrected chi connectivity index (χ1v) is 16.1. The fourth-order valence-corrected chi connectivity index (χ4v) is 3.61. The zero-order valence-corrected chi connectivity index (χ0v) is 26.4. The minimum absolute atomic E-state index is 0.146. The van der Waals surface area contributed by atoms with Crippen molar-refractivity contribution in [3.05, 3.63) is 0 Å². The lowest BCUT2D eigenvalue weighted by Crippen LogP contribution is -2.15. The molecule has 0 aromatic heterocycles. The average Bonchev–Trinajstić information content (AvgIpc) is 2.98. The Morgan fingerprint density at radius 3 is 1.02 bits per heavy atom. The standard InChI is InChI=1S/C31H62O10/c1-3-5-7-9-10-12-14-33-15-16-34-17-18-35-19-20-36-21-22-37-23-24-38-25-26-39-27-28-40-29-30-41-31(32)13-11-8-6-4-2/h3-30H2,1-2H3. The molecule has 10 heteroatoms. The minimum atomic E-state index is -0.146. The number of unbranched alkanes of at least 4 members (excludes halogenated alkanes) is 8. The molecule has 0 N–H and O–H groups in total. The fourth-order valence-electron chi connectivity index (χ4n) is 3.61. The van der Waals surface area contributed by atoms with Gasteiger partial charge in [-0.05, 0) is 12.8 Å². The Bertz CT molecular complexity index is 496. The molecule has 0 radical (unpaired) electrons. The van der Waals surface area contributed by atoms with E-state index in [4.69, 9.17) is 42.6 Å². The van der Waals surface area contributed by atoms with Gasteiger partial charge in [-0.1, -0.05) is 65.2 Å². The highest BCUT2D eigenvalue weighted by atomic mass is 16.6. The van der Waals surface area contributed by atoms with Crippen LogP contribution in [0.15, 0.2) is 0 Å². The third kappa shape index (κ3) is 37.1. The molecule has 0 heterocycles. The molecule has 246 valence electrons. The van der Waals surface area contributed by atoms with Crippen molar-refractivity contribution in [2.24, 2.45) is 0 Å². The molecule has 0 rings (SSSR count). The highest BCUT2D eigenvalue weighted by molar-refractivity contribution is 5.69. The molecule has 0 aliphatic heterocycles. The average molecular weight is 595 g/mol. The van der Waals surface area contributed by atoms with Crippen molar-refractivity contribution in [3.63, 3.8) is 0 Å². The molecular weight excluding hydrogens is 532 g/mol. The van der Waals surface area contributed by atoms with Gasteiger partial charge in [0.15, 0.2) is 0 Å². The molecule has 0 spiro atoms. The third-order valence-corrected chi connectivity index (χ3v) is 5.97. The third-order valence-electron chi connectivity index (χ3n) is 5.97. The van der Waals surface area contributed by atoms with Crippen LogP contribution < -0.4 is 0 Å². The van der Waals surface area contributed by atoms with Crippen LogP contribution in [0.3, 0.4) is 0 Å². The number of hydrogen-bond donors (Lipinski definition) is 0. The molecule has 41 heavy (non-hydrogen) atoms. The number of hydrogen-bond acceptors (Lipinski definition) is 10. The fraction of sp³-hybridized carbons (Fsp3) is 0.968. The molecule has 0 aliphatic carbocycles. The Balaban J connectivity index is 3.07. The SMILES string of the molecule is CCCCCCCCOCCOCCOCCOCCOCCOCCOCCOCCOC(=O)CCCCCC. The summed E-state index contributed by atoms with van der Waals surface area (Å²) in [7, 11) is 0. The highest BCUT2D eigenvalue weighted by Crippen LogP contribution is 2.05. The maximum absolute atomic E-state index is 11.5. The molecule has 0 saturated heterocycles. The van der Waals surface area contributed by atoms with Gasteiger partial charge in [-0.2, -0.15) is 0 Å². The molecule has 0 aromatic rings. The molecule has 0 fully saturated rings. The summed E-state index contributed by atoms with van der Waals surface area (Å²) in [5.74, 6) is -0.146. The van der Waals surface area contributed by atoms with Crippen molar-refractivity contribution in [3.8, 4) is 0 Å². The summed E-state index contributed by atoms with van der Waals surface area (Å²) in [5, 5.41) is 0. The Morgan fingerprint density at radius 2 is 0.634 bits per heavy atom. The van der Waals surface area contributed by atoms with E-state index in [1.54, 1.807) is 0 Å². The van der Waals surface area contributed by atoms with Crippen LogP contribution in [-0.2, 0) is 47.4 Å². The summed E-state index contributed by atoms with van der Waals surface area (Å²) in [6.45, 7) is 13.4. The molecule has 10 nitrogen and oxygen atoms in total. The monoisotopic (exact) mass is 594 g/mol. The van der Waals surface area contributed by atoms with Crippen LogP contribution in [0.2, 0.25) is 0 Å². The lowest BCUT2D eigenvalue weighted by Gasteiger charge is -2.09. The lowest BCUT2D eigenvalue weighted by atomic mass is 10.1. The van der Waals surface area contributed by atoms with E-state index in [1.807, 2.05) is 0 Å². The zero-order chi connectivity index (χ0) is 29.7. The van der Waals surface area contributed by atoms with E-state index < -0.39 is 0 Å². The number of carbonyl (C=O) groups excluding carboxylic acids is 1. The predicted octanol–water partition coefficient (Wildman–Crippen LogP) is 4.99. The Labute approximate surface area is 250 Å². The van der Waals surface area contributed by atoms with Gasteiger partial charge in [0.2, 0.25) is 0 Å². The van der Waals surface area contributed by atoms with Gasteiger partial charge in [-0.25, -0.2) is 0 Å². The summed E-state index contributed by atoms with van der Waals surface area (Å²) < 4.78 is 49.0. The van der Waals surface area contributed by atoms with E-state index in [9.17, 15) is 4.79 Å². The topological polar surface area (TPSA) is 100 Å². The van der Waals surface area contributed by atoms with Crippen LogP contribution in [0.1, 0.15) is 84.5 Å². The summed E-state index contributed by atoms with van der Waals surface area (Å²) in [6.07, 6.45) is 12.5. The molecule has 0 amide bonds. The zero-order valence-electron chi connectivity index (χ0n) is 26.4. The number of esters is 1.